The third-order valence-electron chi connectivity index (χ3n) is 4.18. The van der Waals surface area contributed by atoms with Gasteiger partial charge in [-0.2, -0.15) is 0 Å². The Balaban J connectivity index is 1.56. The highest BCUT2D eigenvalue weighted by atomic mass is 32.2. The molecule has 0 aromatic heterocycles. The fraction of sp³-hybridized carbons (Fsp3) is 0.0952. The van der Waals surface area contributed by atoms with E-state index in [1.807, 2.05) is 30.3 Å². The Morgan fingerprint density at radius 3 is 2.26 bits per heavy atom. The number of carbonyl (C=O) groups is 1. The lowest BCUT2D eigenvalue weighted by atomic mass is 10.2. The van der Waals surface area contributed by atoms with E-state index in [0.29, 0.717) is 5.69 Å². The van der Waals surface area contributed by atoms with Gasteiger partial charge in [0.2, 0.25) is 10.0 Å². The molecule has 0 unspecified atom stereocenters. The van der Waals surface area contributed by atoms with Crippen molar-refractivity contribution in [2.75, 3.05) is 11.9 Å². The number of hydrogen-bond acceptors (Lipinski definition) is 6. The normalized spacial score (nSPS) is 11.0. The van der Waals surface area contributed by atoms with E-state index in [2.05, 4.69) is 10.0 Å². The molecule has 0 fully saturated rings. The number of nitrogens with zero attached hydrogens (tertiary/aromatic N) is 1. The summed E-state index contributed by atoms with van der Waals surface area (Å²) in [6, 6.07) is 20.5. The Morgan fingerprint density at radius 2 is 1.58 bits per heavy atom. The summed E-state index contributed by atoms with van der Waals surface area (Å²) >= 11 is 0. The maximum Gasteiger partial charge on any atom is 0.310 e. The molecule has 31 heavy (non-hydrogen) atoms. The first-order valence-electron chi connectivity index (χ1n) is 9.15. The second kappa shape index (κ2) is 9.83. The predicted octanol–water partition coefficient (Wildman–Crippen LogP) is 3.09. The van der Waals surface area contributed by atoms with Crippen molar-refractivity contribution < 1.29 is 22.9 Å². The van der Waals surface area contributed by atoms with Crippen LogP contribution in [0.15, 0.2) is 83.8 Å². The number of rotatable bonds is 9. The van der Waals surface area contributed by atoms with Crippen LogP contribution in [0.4, 0.5) is 11.4 Å². The molecular formula is C21H19N3O6S. The largest absolute Gasteiger partial charge is 0.477 e. The van der Waals surface area contributed by atoms with Crippen molar-refractivity contribution in [3.63, 3.8) is 0 Å². The highest BCUT2D eigenvalue weighted by molar-refractivity contribution is 7.89. The van der Waals surface area contributed by atoms with Gasteiger partial charge in [0.05, 0.1) is 9.82 Å². The Hall–Kier alpha value is -3.76. The molecule has 0 aliphatic carbocycles. The summed E-state index contributed by atoms with van der Waals surface area (Å²) in [5, 5.41) is 13.5. The van der Waals surface area contributed by atoms with Gasteiger partial charge in [0.1, 0.15) is 0 Å². The van der Waals surface area contributed by atoms with Crippen molar-refractivity contribution in [3.8, 4) is 5.75 Å². The summed E-state index contributed by atoms with van der Waals surface area (Å²) in [5.74, 6) is -0.565. The molecule has 3 aromatic rings. The Morgan fingerprint density at radius 1 is 0.935 bits per heavy atom. The molecule has 0 radical (unpaired) electrons. The van der Waals surface area contributed by atoms with Gasteiger partial charge in [-0.25, -0.2) is 13.1 Å². The lowest BCUT2D eigenvalue weighted by Gasteiger charge is -2.10. The predicted molar refractivity (Wildman–Crippen MR) is 114 cm³/mol. The zero-order valence-corrected chi connectivity index (χ0v) is 17.0. The minimum absolute atomic E-state index is 0.0198. The van der Waals surface area contributed by atoms with E-state index >= 15 is 0 Å². The van der Waals surface area contributed by atoms with Gasteiger partial charge < -0.3 is 10.1 Å². The number of para-hydroxylation sites is 2. The van der Waals surface area contributed by atoms with Crippen molar-refractivity contribution >= 4 is 27.3 Å². The number of nitro groups is 1. The molecule has 10 heteroatoms. The van der Waals surface area contributed by atoms with E-state index < -0.39 is 27.5 Å². The molecule has 3 rings (SSSR count). The smallest absolute Gasteiger partial charge is 0.310 e. The molecule has 0 saturated heterocycles. The minimum Gasteiger partial charge on any atom is -0.477 e. The summed E-state index contributed by atoms with van der Waals surface area (Å²) in [6.07, 6.45) is 0. The number of anilines is 1. The van der Waals surface area contributed by atoms with Crippen LogP contribution < -0.4 is 14.8 Å². The first-order valence-corrected chi connectivity index (χ1v) is 10.6. The zero-order valence-electron chi connectivity index (χ0n) is 16.2. The zero-order chi connectivity index (χ0) is 22.3. The number of amides is 1. The van der Waals surface area contributed by atoms with Gasteiger partial charge in [0.25, 0.3) is 5.91 Å². The summed E-state index contributed by atoms with van der Waals surface area (Å²) < 4.78 is 32.6. The average molecular weight is 441 g/mol. The molecule has 0 atom stereocenters. The van der Waals surface area contributed by atoms with Crippen molar-refractivity contribution in [1.29, 1.82) is 0 Å². The van der Waals surface area contributed by atoms with Crippen LogP contribution in [0.25, 0.3) is 0 Å². The van der Waals surface area contributed by atoms with Crippen molar-refractivity contribution in [2.24, 2.45) is 0 Å². The maximum absolute atomic E-state index is 12.4. The number of carbonyl (C=O) groups excluding carboxylic acids is 1. The number of hydrogen-bond donors (Lipinski definition) is 2. The number of benzene rings is 3. The van der Waals surface area contributed by atoms with Crippen LogP contribution in [-0.2, 0) is 21.4 Å². The third kappa shape index (κ3) is 6.11. The minimum atomic E-state index is -3.71. The van der Waals surface area contributed by atoms with Crippen molar-refractivity contribution in [3.05, 3.63) is 94.5 Å². The van der Waals surface area contributed by atoms with E-state index in [9.17, 15) is 23.3 Å². The summed E-state index contributed by atoms with van der Waals surface area (Å²) in [5.41, 5.74) is 0.944. The molecular weight excluding hydrogens is 422 g/mol. The van der Waals surface area contributed by atoms with E-state index in [0.717, 1.165) is 5.56 Å². The van der Waals surface area contributed by atoms with Crippen LogP contribution in [0.2, 0.25) is 0 Å². The lowest BCUT2D eigenvalue weighted by molar-refractivity contribution is -0.385. The third-order valence-corrected chi connectivity index (χ3v) is 5.60. The van der Waals surface area contributed by atoms with E-state index in [4.69, 9.17) is 4.74 Å². The molecule has 0 aliphatic heterocycles. The van der Waals surface area contributed by atoms with E-state index in [1.165, 1.54) is 42.5 Å². The molecule has 0 spiro atoms. The molecule has 9 nitrogen and oxygen atoms in total. The fourth-order valence-electron chi connectivity index (χ4n) is 2.65. The summed E-state index contributed by atoms with van der Waals surface area (Å²) in [6.45, 7) is -0.284. The van der Waals surface area contributed by atoms with Gasteiger partial charge in [-0.1, -0.05) is 42.5 Å². The molecule has 0 heterocycles. The van der Waals surface area contributed by atoms with Crippen LogP contribution in [0.5, 0.6) is 5.75 Å². The average Bonchev–Trinajstić information content (AvgIpc) is 2.77. The number of sulfonamides is 1. The molecule has 1 amide bonds. The number of nitrogens with one attached hydrogen (secondary N) is 2. The molecule has 160 valence electrons. The van der Waals surface area contributed by atoms with E-state index in [-0.39, 0.29) is 22.9 Å². The monoisotopic (exact) mass is 441 g/mol. The fourth-order valence-corrected chi connectivity index (χ4v) is 3.66. The number of ether oxygens (including phenoxy) is 1. The lowest BCUT2D eigenvalue weighted by Crippen LogP contribution is -2.23. The van der Waals surface area contributed by atoms with Gasteiger partial charge >= 0.3 is 5.69 Å². The second-order valence-electron chi connectivity index (χ2n) is 6.40. The summed E-state index contributed by atoms with van der Waals surface area (Å²) in [4.78, 5) is 22.5. The quantitative estimate of drug-likeness (QED) is 0.388. The molecule has 0 bridgehead atoms. The first-order chi connectivity index (χ1) is 14.8. The Bertz CT molecular complexity index is 1170. The maximum atomic E-state index is 12.4. The van der Waals surface area contributed by atoms with Crippen LogP contribution in [0.3, 0.4) is 0 Å². The Kier molecular flexibility index (Phi) is 6.96. The first kappa shape index (κ1) is 21.9. The van der Waals surface area contributed by atoms with Gasteiger partial charge in [-0.15, -0.1) is 0 Å². The summed E-state index contributed by atoms with van der Waals surface area (Å²) in [7, 11) is -3.71. The van der Waals surface area contributed by atoms with Crippen LogP contribution in [0, 0.1) is 10.1 Å². The molecule has 0 saturated carbocycles. The van der Waals surface area contributed by atoms with Crippen LogP contribution >= 0.6 is 0 Å². The molecule has 2 N–H and O–H groups in total. The second-order valence-corrected chi connectivity index (χ2v) is 8.16. The molecule has 0 aliphatic rings. The van der Waals surface area contributed by atoms with Gasteiger partial charge in [-0.3, -0.25) is 14.9 Å². The number of nitro benzene ring substituents is 1. The SMILES string of the molecule is O=C(COc1ccccc1[N+](=O)[O-])Nc1ccc(S(=O)(=O)NCc2ccccc2)cc1. The van der Waals surface area contributed by atoms with Gasteiger partial charge in [0, 0.05) is 18.3 Å². The topological polar surface area (TPSA) is 128 Å². The van der Waals surface area contributed by atoms with Gasteiger partial charge in [0.15, 0.2) is 12.4 Å². The standard InChI is InChI=1S/C21H19N3O6S/c25-21(15-30-20-9-5-4-8-19(20)24(26)27)23-17-10-12-18(13-11-17)31(28,29)22-14-16-6-2-1-3-7-16/h1-13,22H,14-15H2,(H,23,25). The van der Waals surface area contributed by atoms with E-state index in [1.54, 1.807) is 6.07 Å². The molecule has 3 aromatic carbocycles. The van der Waals surface area contributed by atoms with Gasteiger partial charge in [-0.05, 0) is 35.9 Å². The highest BCUT2D eigenvalue weighted by Crippen LogP contribution is 2.25. The van der Waals surface area contributed by atoms with Crippen LogP contribution in [0.1, 0.15) is 5.56 Å². The highest BCUT2D eigenvalue weighted by Gasteiger charge is 2.16. The van der Waals surface area contributed by atoms with Crippen molar-refractivity contribution in [2.45, 2.75) is 11.4 Å². The van der Waals surface area contributed by atoms with Crippen LogP contribution in [-0.4, -0.2) is 25.9 Å². The Labute approximate surface area is 178 Å². The van der Waals surface area contributed by atoms with Crippen molar-refractivity contribution in [1.82, 2.24) is 4.72 Å².